The highest BCUT2D eigenvalue weighted by atomic mass is 19.4. The number of fused-ring (bicyclic) bond motifs is 1. The molecule has 2 aromatic carbocycles. The van der Waals surface area contributed by atoms with Gasteiger partial charge in [0.2, 0.25) is 0 Å². The smallest absolute Gasteiger partial charge is 0.416 e. The van der Waals surface area contributed by atoms with Gasteiger partial charge in [0.25, 0.3) is 0 Å². The normalized spacial score (nSPS) is 19.0. The average Bonchev–Trinajstić information content (AvgIpc) is 2.79. The lowest BCUT2D eigenvalue weighted by molar-refractivity contribution is -0.147. The molecule has 0 bridgehead atoms. The van der Waals surface area contributed by atoms with E-state index in [0.717, 1.165) is 24.5 Å². The Morgan fingerprint density at radius 2 is 1.97 bits per heavy atom. The maximum Gasteiger partial charge on any atom is 0.416 e. The van der Waals surface area contributed by atoms with E-state index in [1.807, 2.05) is 37.3 Å². The lowest BCUT2D eigenvalue weighted by Gasteiger charge is -2.36. The van der Waals surface area contributed by atoms with Crippen molar-refractivity contribution in [3.8, 4) is 0 Å². The van der Waals surface area contributed by atoms with Crippen LogP contribution in [0.15, 0.2) is 48.5 Å². The van der Waals surface area contributed by atoms with Gasteiger partial charge < -0.3 is 15.2 Å². The number of alkyl halides is 3. The van der Waals surface area contributed by atoms with Gasteiger partial charge in [0, 0.05) is 12.1 Å². The van der Waals surface area contributed by atoms with Crippen molar-refractivity contribution in [2.75, 3.05) is 11.9 Å². The molecule has 3 atom stereocenters. The van der Waals surface area contributed by atoms with Crippen LogP contribution in [0.25, 0.3) is 0 Å². The van der Waals surface area contributed by atoms with Crippen molar-refractivity contribution >= 4 is 11.7 Å². The van der Waals surface area contributed by atoms with Crippen molar-refractivity contribution in [3.63, 3.8) is 0 Å². The molecule has 0 fully saturated rings. The second-order valence-corrected chi connectivity index (χ2v) is 8.38. The number of ether oxygens (including phenoxy) is 1. The zero-order valence-electron chi connectivity index (χ0n) is 18.2. The molecule has 7 heteroatoms. The number of hydrogen-bond acceptors (Lipinski definition) is 4. The van der Waals surface area contributed by atoms with E-state index in [1.54, 1.807) is 0 Å². The first-order chi connectivity index (χ1) is 15.3. The molecule has 0 aliphatic carbocycles. The van der Waals surface area contributed by atoms with Crippen LogP contribution < -0.4 is 5.32 Å². The molecular weight excluding hydrogens is 419 g/mol. The SMILES string of the molecule is CCCCC(=O)OC[C@@H](O)CCC1Cc2cc(C(F)(F)F)ccc2NC1c1ccccc1. The number of rotatable bonds is 9. The van der Waals surface area contributed by atoms with Crippen LogP contribution in [0.5, 0.6) is 0 Å². The molecule has 0 aromatic heterocycles. The van der Waals surface area contributed by atoms with E-state index in [2.05, 4.69) is 5.32 Å². The van der Waals surface area contributed by atoms with Gasteiger partial charge in [-0.2, -0.15) is 13.2 Å². The van der Waals surface area contributed by atoms with Crippen LogP contribution in [-0.2, 0) is 22.1 Å². The number of aliphatic hydroxyl groups is 1. The van der Waals surface area contributed by atoms with E-state index in [1.165, 1.54) is 12.1 Å². The van der Waals surface area contributed by atoms with Crippen LogP contribution in [0.3, 0.4) is 0 Å². The fourth-order valence-corrected chi connectivity index (χ4v) is 4.12. The van der Waals surface area contributed by atoms with Crippen molar-refractivity contribution in [1.29, 1.82) is 0 Å². The monoisotopic (exact) mass is 449 g/mol. The van der Waals surface area contributed by atoms with Crippen LogP contribution in [0.1, 0.15) is 61.8 Å². The van der Waals surface area contributed by atoms with E-state index in [0.29, 0.717) is 36.9 Å². The summed E-state index contributed by atoms with van der Waals surface area (Å²) < 4.78 is 44.7. The summed E-state index contributed by atoms with van der Waals surface area (Å²) in [5, 5.41) is 13.7. The highest BCUT2D eigenvalue weighted by Crippen LogP contribution is 2.41. The third kappa shape index (κ3) is 6.48. The molecule has 0 spiro atoms. The van der Waals surface area contributed by atoms with Gasteiger partial charge in [0.15, 0.2) is 0 Å². The van der Waals surface area contributed by atoms with Crippen molar-refractivity contribution < 1.29 is 27.8 Å². The number of carbonyl (C=O) groups excluding carboxylic acids is 1. The molecular formula is C25H30F3NO3. The summed E-state index contributed by atoms with van der Waals surface area (Å²) in [6.07, 6.45) is -1.77. The van der Waals surface area contributed by atoms with Gasteiger partial charge in [-0.1, -0.05) is 43.7 Å². The van der Waals surface area contributed by atoms with E-state index in [9.17, 15) is 23.1 Å². The molecule has 2 aromatic rings. The molecule has 1 aliphatic rings. The minimum atomic E-state index is -4.39. The van der Waals surface area contributed by atoms with Crippen LogP contribution >= 0.6 is 0 Å². The second kappa shape index (κ2) is 10.9. The molecule has 0 amide bonds. The van der Waals surface area contributed by atoms with Gasteiger partial charge in [-0.05, 0) is 60.9 Å². The zero-order chi connectivity index (χ0) is 23.1. The van der Waals surface area contributed by atoms with Gasteiger partial charge in [-0.25, -0.2) is 0 Å². The quantitative estimate of drug-likeness (QED) is 0.468. The molecule has 1 aliphatic heterocycles. The number of benzene rings is 2. The summed E-state index contributed by atoms with van der Waals surface area (Å²) in [7, 11) is 0. The number of esters is 1. The third-order valence-corrected chi connectivity index (χ3v) is 5.90. The van der Waals surface area contributed by atoms with Gasteiger partial charge >= 0.3 is 12.1 Å². The summed E-state index contributed by atoms with van der Waals surface area (Å²) in [4.78, 5) is 11.7. The van der Waals surface area contributed by atoms with Gasteiger partial charge in [0.1, 0.15) is 6.61 Å². The lowest BCUT2D eigenvalue weighted by Crippen LogP contribution is -2.30. The van der Waals surface area contributed by atoms with Crippen LogP contribution in [0.4, 0.5) is 18.9 Å². The summed E-state index contributed by atoms with van der Waals surface area (Å²) in [6.45, 7) is 1.92. The first kappa shape index (κ1) is 24.1. The first-order valence-corrected chi connectivity index (χ1v) is 11.1. The number of anilines is 1. The van der Waals surface area contributed by atoms with E-state index < -0.39 is 17.8 Å². The Morgan fingerprint density at radius 1 is 1.22 bits per heavy atom. The predicted octanol–water partition coefficient (Wildman–Crippen LogP) is 5.91. The molecule has 0 saturated carbocycles. The molecule has 2 N–H and O–H groups in total. The minimum Gasteiger partial charge on any atom is -0.463 e. The van der Waals surface area contributed by atoms with Crippen LogP contribution in [-0.4, -0.2) is 23.8 Å². The van der Waals surface area contributed by atoms with Crippen molar-refractivity contribution in [2.45, 2.75) is 63.8 Å². The van der Waals surface area contributed by atoms with Crippen molar-refractivity contribution in [1.82, 2.24) is 0 Å². The number of hydrogen-bond donors (Lipinski definition) is 2. The molecule has 0 radical (unpaired) electrons. The van der Waals surface area contributed by atoms with E-state index in [4.69, 9.17) is 4.74 Å². The first-order valence-electron chi connectivity index (χ1n) is 11.1. The average molecular weight is 450 g/mol. The maximum absolute atomic E-state index is 13.2. The van der Waals surface area contributed by atoms with Gasteiger partial charge in [-0.3, -0.25) is 4.79 Å². The fraction of sp³-hybridized carbons (Fsp3) is 0.480. The second-order valence-electron chi connectivity index (χ2n) is 8.38. The third-order valence-electron chi connectivity index (χ3n) is 5.90. The van der Waals surface area contributed by atoms with E-state index >= 15 is 0 Å². The Morgan fingerprint density at radius 3 is 2.66 bits per heavy atom. The Kier molecular flexibility index (Phi) is 8.18. The topological polar surface area (TPSA) is 58.6 Å². The molecule has 3 rings (SSSR count). The number of carbonyl (C=O) groups is 1. The van der Waals surface area contributed by atoms with Crippen LogP contribution in [0.2, 0.25) is 0 Å². The molecule has 174 valence electrons. The molecule has 1 heterocycles. The van der Waals surface area contributed by atoms with Crippen molar-refractivity contribution in [2.24, 2.45) is 5.92 Å². The molecule has 2 unspecified atom stereocenters. The highest BCUT2D eigenvalue weighted by Gasteiger charge is 2.34. The highest BCUT2D eigenvalue weighted by molar-refractivity contribution is 5.69. The lowest BCUT2D eigenvalue weighted by atomic mass is 9.80. The Hall–Kier alpha value is -2.54. The molecule has 4 nitrogen and oxygen atoms in total. The standard InChI is InChI=1S/C25H30F3NO3/c1-2-3-9-23(31)32-16-21(30)12-10-18-14-19-15-20(25(26,27)28)11-13-22(19)29-24(18)17-7-5-4-6-8-17/h4-8,11,13,15,18,21,24,29-30H,2-3,9-10,12,14,16H2,1H3/t18?,21-,24?/m0/s1. The predicted molar refractivity (Wildman–Crippen MR) is 117 cm³/mol. The van der Waals surface area contributed by atoms with Crippen molar-refractivity contribution in [3.05, 3.63) is 65.2 Å². The Balaban J connectivity index is 1.69. The molecule has 32 heavy (non-hydrogen) atoms. The summed E-state index contributed by atoms with van der Waals surface area (Å²) in [5.41, 5.74) is 1.71. The summed E-state index contributed by atoms with van der Waals surface area (Å²) in [6, 6.07) is 13.5. The Labute approximate surface area is 186 Å². The number of halogens is 3. The largest absolute Gasteiger partial charge is 0.463 e. The van der Waals surface area contributed by atoms with Gasteiger partial charge in [-0.15, -0.1) is 0 Å². The fourth-order valence-electron chi connectivity index (χ4n) is 4.12. The van der Waals surface area contributed by atoms with Gasteiger partial charge in [0.05, 0.1) is 17.7 Å². The van der Waals surface area contributed by atoms with Crippen LogP contribution in [0, 0.1) is 5.92 Å². The number of nitrogens with one attached hydrogen (secondary N) is 1. The zero-order valence-corrected chi connectivity index (χ0v) is 18.2. The summed E-state index contributed by atoms with van der Waals surface area (Å²) >= 11 is 0. The number of unbranched alkanes of at least 4 members (excludes halogenated alkanes) is 1. The Bertz CT molecular complexity index is 886. The molecule has 0 saturated heterocycles. The minimum absolute atomic E-state index is 0.0150. The summed E-state index contributed by atoms with van der Waals surface area (Å²) in [5.74, 6) is -0.333. The maximum atomic E-state index is 13.2. The van der Waals surface area contributed by atoms with E-state index in [-0.39, 0.29) is 24.5 Å². The number of aliphatic hydroxyl groups excluding tert-OH is 1.